The summed E-state index contributed by atoms with van der Waals surface area (Å²) >= 11 is 0. The fourth-order valence-electron chi connectivity index (χ4n) is 3.46. The average molecular weight is 367 g/mol. The van der Waals surface area contributed by atoms with E-state index in [0.717, 1.165) is 55.8 Å². The fourth-order valence-corrected chi connectivity index (χ4v) is 3.46. The quantitative estimate of drug-likeness (QED) is 0.435. The van der Waals surface area contributed by atoms with Gasteiger partial charge in [0.25, 0.3) is 0 Å². The summed E-state index contributed by atoms with van der Waals surface area (Å²) in [6.07, 6.45) is 8.74. The van der Waals surface area contributed by atoms with E-state index in [1.54, 1.807) is 24.9 Å². The fraction of sp³-hybridized carbons (Fsp3) is 0. The van der Waals surface area contributed by atoms with Gasteiger partial charge >= 0.3 is 0 Å². The lowest BCUT2D eigenvalue weighted by Gasteiger charge is -1.98. The zero-order chi connectivity index (χ0) is 18.5. The summed E-state index contributed by atoms with van der Waals surface area (Å²) in [4.78, 5) is 12.6. The Hall–Kier alpha value is -4.20. The molecule has 0 aromatic carbocycles. The van der Waals surface area contributed by atoms with Crippen LogP contribution in [-0.2, 0) is 0 Å². The van der Waals surface area contributed by atoms with Gasteiger partial charge in [-0.1, -0.05) is 0 Å². The number of rotatable bonds is 3. The number of fused-ring (bicyclic) bond motifs is 2. The van der Waals surface area contributed by atoms with Crippen LogP contribution in [0.3, 0.4) is 0 Å². The van der Waals surface area contributed by atoms with Crippen LogP contribution in [0.5, 0.6) is 0 Å². The van der Waals surface area contributed by atoms with Crippen LogP contribution >= 0.6 is 0 Å². The van der Waals surface area contributed by atoms with Crippen LogP contribution in [0.4, 0.5) is 0 Å². The van der Waals surface area contributed by atoms with Crippen molar-refractivity contribution < 1.29 is 4.42 Å². The Labute approximate surface area is 157 Å². The van der Waals surface area contributed by atoms with E-state index in [0.29, 0.717) is 0 Å². The molecule has 0 atom stereocenters. The first-order chi connectivity index (χ1) is 13.9. The highest BCUT2D eigenvalue weighted by Crippen LogP contribution is 2.33. The third-order valence-corrected chi connectivity index (χ3v) is 4.82. The first-order valence-corrected chi connectivity index (χ1v) is 8.72. The van der Waals surface area contributed by atoms with Crippen LogP contribution in [0.25, 0.3) is 55.8 Å². The Morgan fingerprint density at radius 3 is 2.89 bits per heavy atom. The van der Waals surface area contributed by atoms with Crippen molar-refractivity contribution in [2.24, 2.45) is 0 Å². The predicted molar refractivity (Wildman–Crippen MR) is 104 cm³/mol. The third-order valence-electron chi connectivity index (χ3n) is 4.82. The summed E-state index contributed by atoms with van der Waals surface area (Å²) in [6.45, 7) is 0. The molecule has 28 heavy (non-hydrogen) atoms. The van der Waals surface area contributed by atoms with Crippen LogP contribution in [0.1, 0.15) is 0 Å². The summed E-state index contributed by atoms with van der Waals surface area (Å²) in [7, 11) is 0. The summed E-state index contributed by atoms with van der Waals surface area (Å²) in [5, 5.41) is 15.4. The number of pyridine rings is 2. The van der Waals surface area contributed by atoms with Crippen LogP contribution < -0.4 is 0 Å². The number of hydrogen-bond donors (Lipinski definition) is 3. The number of furan rings is 1. The summed E-state index contributed by atoms with van der Waals surface area (Å²) < 4.78 is 5.24. The molecule has 8 nitrogen and oxygen atoms in total. The molecule has 0 spiro atoms. The summed E-state index contributed by atoms with van der Waals surface area (Å²) in [5.74, 6) is 0. The molecule has 6 heterocycles. The Balaban J connectivity index is 1.55. The standard InChI is InChI=1S/C20H13N7O/c1-2-16-18(24-15(1)12-8-22-23-9-12)19(27-26-16)17-7-14-13(11-4-6-28-10-11)3-5-21-20(14)25-17/h1-10H,(H,21,25)(H,22,23)(H,26,27). The van der Waals surface area contributed by atoms with Gasteiger partial charge in [0, 0.05) is 28.9 Å². The topological polar surface area (TPSA) is 112 Å². The minimum Gasteiger partial charge on any atom is -0.472 e. The van der Waals surface area contributed by atoms with Gasteiger partial charge < -0.3 is 9.40 Å². The summed E-state index contributed by atoms with van der Waals surface area (Å²) in [6, 6.07) is 9.87. The second-order valence-corrected chi connectivity index (χ2v) is 6.47. The first kappa shape index (κ1) is 14.9. The van der Waals surface area contributed by atoms with Gasteiger partial charge in [0.15, 0.2) is 0 Å². The zero-order valence-corrected chi connectivity index (χ0v) is 14.5. The molecule has 0 fully saturated rings. The Morgan fingerprint density at radius 2 is 2.04 bits per heavy atom. The second kappa shape index (κ2) is 5.65. The first-order valence-electron chi connectivity index (χ1n) is 8.72. The molecule has 0 bridgehead atoms. The minimum atomic E-state index is 0.747. The molecule has 6 rings (SSSR count). The molecule has 0 radical (unpaired) electrons. The maximum Gasteiger partial charge on any atom is 0.138 e. The van der Waals surface area contributed by atoms with Crippen LogP contribution in [0, 0.1) is 0 Å². The van der Waals surface area contributed by atoms with Crippen molar-refractivity contribution in [3.05, 3.63) is 61.4 Å². The van der Waals surface area contributed by atoms with Crippen molar-refractivity contribution in [2.75, 3.05) is 0 Å². The van der Waals surface area contributed by atoms with E-state index in [9.17, 15) is 0 Å². The van der Waals surface area contributed by atoms with Crippen molar-refractivity contribution in [2.45, 2.75) is 0 Å². The number of hydrogen-bond acceptors (Lipinski definition) is 5. The van der Waals surface area contributed by atoms with Gasteiger partial charge in [0.2, 0.25) is 0 Å². The molecule has 0 amide bonds. The SMILES string of the molecule is c1cc(-c2ccoc2)c2cc(-c3n[nH]c4ccc(-c5cn[nH]c5)nc34)[nH]c2n1. The molecular weight excluding hydrogens is 354 g/mol. The minimum absolute atomic E-state index is 0.747. The lowest BCUT2D eigenvalue weighted by atomic mass is 10.1. The number of H-pyrrole nitrogens is 3. The molecule has 0 aliphatic rings. The lowest BCUT2D eigenvalue weighted by Crippen LogP contribution is -1.84. The van der Waals surface area contributed by atoms with Gasteiger partial charge in [-0.15, -0.1) is 0 Å². The van der Waals surface area contributed by atoms with Crippen LogP contribution in [0.15, 0.2) is 65.9 Å². The van der Waals surface area contributed by atoms with E-state index in [1.807, 2.05) is 36.5 Å². The zero-order valence-electron chi connectivity index (χ0n) is 14.5. The number of nitrogens with one attached hydrogen (secondary N) is 3. The third kappa shape index (κ3) is 2.18. The maximum atomic E-state index is 5.24. The molecule has 3 N–H and O–H groups in total. The Morgan fingerprint density at radius 1 is 1.04 bits per heavy atom. The van der Waals surface area contributed by atoms with Crippen molar-refractivity contribution in [3.63, 3.8) is 0 Å². The number of aromatic nitrogens is 7. The van der Waals surface area contributed by atoms with Crippen molar-refractivity contribution in [1.82, 2.24) is 35.3 Å². The highest BCUT2D eigenvalue weighted by atomic mass is 16.3. The summed E-state index contributed by atoms with van der Waals surface area (Å²) in [5.41, 5.74) is 7.85. The Bertz CT molecular complexity index is 1410. The maximum absolute atomic E-state index is 5.24. The van der Waals surface area contributed by atoms with E-state index in [1.165, 1.54) is 0 Å². The molecule has 0 unspecified atom stereocenters. The van der Waals surface area contributed by atoms with Crippen molar-refractivity contribution >= 4 is 22.1 Å². The van der Waals surface area contributed by atoms with Gasteiger partial charge in [0.05, 0.1) is 35.6 Å². The highest BCUT2D eigenvalue weighted by molar-refractivity contribution is 5.98. The number of aromatic amines is 3. The van der Waals surface area contributed by atoms with E-state index in [4.69, 9.17) is 9.40 Å². The molecule has 0 saturated heterocycles. The molecule has 6 aromatic heterocycles. The molecule has 0 saturated carbocycles. The molecule has 6 aromatic rings. The van der Waals surface area contributed by atoms with Crippen molar-refractivity contribution in [1.29, 1.82) is 0 Å². The van der Waals surface area contributed by atoms with E-state index in [2.05, 4.69) is 30.4 Å². The van der Waals surface area contributed by atoms with Gasteiger partial charge in [-0.25, -0.2) is 9.97 Å². The molecule has 0 aliphatic carbocycles. The van der Waals surface area contributed by atoms with Gasteiger partial charge in [0.1, 0.15) is 16.9 Å². The van der Waals surface area contributed by atoms with E-state index < -0.39 is 0 Å². The van der Waals surface area contributed by atoms with Crippen LogP contribution in [0.2, 0.25) is 0 Å². The molecular formula is C20H13N7O. The van der Waals surface area contributed by atoms with Crippen molar-refractivity contribution in [3.8, 4) is 33.8 Å². The van der Waals surface area contributed by atoms with Crippen LogP contribution in [-0.4, -0.2) is 35.3 Å². The largest absolute Gasteiger partial charge is 0.472 e. The monoisotopic (exact) mass is 367 g/mol. The normalized spacial score (nSPS) is 11.6. The van der Waals surface area contributed by atoms with E-state index >= 15 is 0 Å². The predicted octanol–water partition coefficient (Wildman–Crippen LogP) is 4.15. The van der Waals surface area contributed by atoms with E-state index in [-0.39, 0.29) is 0 Å². The molecule has 134 valence electrons. The second-order valence-electron chi connectivity index (χ2n) is 6.47. The molecule has 0 aliphatic heterocycles. The number of nitrogens with zero attached hydrogens (tertiary/aromatic N) is 4. The van der Waals surface area contributed by atoms with Gasteiger partial charge in [-0.3, -0.25) is 10.2 Å². The highest BCUT2D eigenvalue weighted by Gasteiger charge is 2.16. The smallest absolute Gasteiger partial charge is 0.138 e. The van der Waals surface area contributed by atoms with Gasteiger partial charge in [-0.05, 0) is 35.9 Å². The Kier molecular flexibility index (Phi) is 3.01. The average Bonchev–Trinajstić information content (AvgIpc) is 3.53. The van der Waals surface area contributed by atoms with Gasteiger partial charge in [-0.2, -0.15) is 10.2 Å². The molecule has 8 heteroatoms. The lowest BCUT2D eigenvalue weighted by molar-refractivity contribution is 0.568.